The molecule has 0 heterocycles. The van der Waals surface area contributed by atoms with E-state index in [1.807, 2.05) is 13.8 Å². The highest BCUT2D eigenvalue weighted by atomic mass is 32.2. The van der Waals surface area contributed by atoms with Crippen LogP contribution < -0.4 is 10.5 Å². The molecule has 19 heavy (non-hydrogen) atoms. The molecule has 0 aliphatic carbocycles. The Bertz CT molecular complexity index is 544. The van der Waals surface area contributed by atoms with E-state index in [1.54, 1.807) is 6.92 Å². The molecule has 0 saturated heterocycles. The third-order valence-electron chi connectivity index (χ3n) is 2.46. The molecule has 0 radical (unpaired) electrons. The molecule has 0 saturated carbocycles. The minimum absolute atomic E-state index is 0.0104. The van der Waals surface area contributed by atoms with Gasteiger partial charge < -0.3 is 10.5 Å². The molecule has 0 aliphatic rings. The average Bonchev–Trinajstić information content (AvgIpc) is 2.29. The van der Waals surface area contributed by atoms with Crippen LogP contribution in [0.25, 0.3) is 0 Å². The predicted octanol–water partition coefficient (Wildman–Crippen LogP) is 1.42. The van der Waals surface area contributed by atoms with Gasteiger partial charge in [0, 0.05) is 12.2 Å². The molecule has 0 aliphatic heterocycles. The largest absolute Gasteiger partial charge is 0.398 e. The number of aryl methyl sites for hydroxylation is 1. The summed E-state index contributed by atoms with van der Waals surface area (Å²) in [5, 5.41) is 0. The number of halogens is 1. The van der Waals surface area contributed by atoms with Crippen LogP contribution in [0.1, 0.15) is 19.4 Å². The zero-order chi connectivity index (χ0) is 14.6. The van der Waals surface area contributed by atoms with Crippen molar-refractivity contribution in [3.05, 3.63) is 23.5 Å². The van der Waals surface area contributed by atoms with Gasteiger partial charge in [-0.3, -0.25) is 0 Å². The van der Waals surface area contributed by atoms with Crippen molar-refractivity contribution in [3.8, 4) is 0 Å². The number of anilines is 1. The van der Waals surface area contributed by atoms with Gasteiger partial charge in [0.1, 0.15) is 10.7 Å². The van der Waals surface area contributed by atoms with Gasteiger partial charge in [0.05, 0.1) is 12.7 Å². The monoisotopic (exact) mass is 290 g/mol. The lowest BCUT2D eigenvalue weighted by Crippen LogP contribution is -2.29. The molecule has 0 atom stereocenters. The number of sulfonamides is 1. The van der Waals surface area contributed by atoms with Gasteiger partial charge in [-0.1, -0.05) is 0 Å². The molecule has 1 aromatic rings. The molecule has 5 nitrogen and oxygen atoms in total. The zero-order valence-corrected chi connectivity index (χ0v) is 12.1. The maximum Gasteiger partial charge on any atom is 0.243 e. The molecule has 108 valence electrons. The van der Waals surface area contributed by atoms with Gasteiger partial charge in [-0.2, -0.15) is 0 Å². The second-order valence-corrected chi connectivity index (χ2v) is 6.19. The maximum atomic E-state index is 13.7. The topological polar surface area (TPSA) is 81.4 Å². The third-order valence-corrected chi connectivity index (χ3v) is 3.93. The van der Waals surface area contributed by atoms with Crippen LogP contribution in [0.3, 0.4) is 0 Å². The van der Waals surface area contributed by atoms with Gasteiger partial charge in [-0.15, -0.1) is 0 Å². The Hall–Kier alpha value is -1.18. The number of nitrogens with two attached hydrogens (primary N) is 1. The third kappa shape index (κ3) is 4.45. The first-order valence-electron chi connectivity index (χ1n) is 5.91. The van der Waals surface area contributed by atoms with Gasteiger partial charge in [-0.05, 0) is 38.5 Å². The highest BCUT2D eigenvalue weighted by Crippen LogP contribution is 2.21. The number of hydrogen-bond donors (Lipinski definition) is 2. The lowest BCUT2D eigenvalue weighted by molar-refractivity contribution is 0.0834. The molecule has 0 fully saturated rings. The Kier molecular flexibility index (Phi) is 5.28. The van der Waals surface area contributed by atoms with Crippen molar-refractivity contribution >= 4 is 15.7 Å². The van der Waals surface area contributed by atoms with Crippen LogP contribution in [-0.2, 0) is 14.8 Å². The van der Waals surface area contributed by atoms with Crippen LogP contribution in [0.5, 0.6) is 0 Å². The van der Waals surface area contributed by atoms with Gasteiger partial charge in [0.25, 0.3) is 0 Å². The van der Waals surface area contributed by atoms with Gasteiger partial charge in [0.2, 0.25) is 10.0 Å². The number of ether oxygens (including phenoxy) is 1. The smallest absolute Gasteiger partial charge is 0.243 e. The molecular formula is C12H19FN2O3S. The van der Waals surface area contributed by atoms with Crippen molar-refractivity contribution in [1.29, 1.82) is 0 Å². The van der Waals surface area contributed by atoms with E-state index in [0.29, 0.717) is 5.56 Å². The molecule has 1 aromatic carbocycles. The fourth-order valence-electron chi connectivity index (χ4n) is 1.42. The summed E-state index contributed by atoms with van der Waals surface area (Å²) in [4.78, 5) is -0.444. The quantitative estimate of drug-likeness (QED) is 0.613. The second-order valence-electron chi connectivity index (χ2n) is 4.46. The molecule has 0 bridgehead atoms. The van der Waals surface area contributed by atoms with Crippen molar-refractivity contribution in [1.82, 2.24) is 4.72 Å². The second kappa shape index (κ2) is 6.31. The summed E-state index contributed by atoms with van der Waals surface area (Å²) in [6.07, 6.45) is 0.0104. The fourth-order valence-corrected chi connectivity index (χ4v) is 2.53. The van der Waals surface area contributed by atoms with Gasteiger partial charge >= 0.3 is 0 Å². The van der Waals surface area contributed by atoms with E-state index in [1.165, 1.54) is 0 Å². The summed E-state index contributed by atoms with van der Waals surface area (Å²) in [6.45, 7) is 5.59. The Morgan fingerprint density at radius 1 is 1.42 bits per heavy atom. The maximum absolute atomic E-state index is 13.7. The first kappa shape index (κ1) is 15.9. The lowest BCUT2D eigenvalue weighted by atomic mass is 10.2. The normalized spacial score (nSPS) is 12.1. The number of nitrogen functional groups attached to an aromatic ring is 1. The number of benzene rings is 1. The highest BCUT2D eigenvalue weighted by molar-refractivity contribution is 7.89. The van der Waals surface area contributed by atoms with Crippen LogP contribution >= 0.6 is 0 Å². The first-order valence-corrected chi connectivity index (χ1v) is 7.39. The number of nitrogens with one attached hydrogen (secondary N) is 1. The number of hydrogen-bond acceptors (Lipinski definition) is 4. The van der Waals surface area contributed by atoms with E-state index in [9.17, 15) is 12.8 Å². The zero-order valence-electron chi connectivity index (χ0n) is 11.2. The summed E-state index contributed by atoms with van der Waals surface area (Å²) in [6, 6.07) is 2.23. The molecule has 7 heteroatoms. The van der Waals surface area contributed by atoms with Crippen LogP contribution in [0, 0.1) is 12.7 Å². The summed E-state index contributed by atoms with van der Waals surface area (Å²) >= 11 is 0. The Labute approximate surface area is 113 Å². The Morgan fingerprint density at radius 3 is 2.63 bits per heavy atom. The Morgan fingerprint density at radius 2 is 2.05 bits per heavy atom. The van der Waals surface area contributed by atoms with Crippen molar-refractivity contribution in [2.24, 2.45) is 0 Å². The van der Waals surface area contributed by atoms with Crippen LogP contribution in [0.15, 0.2) is 17.0 Å². The average molecular weight is 290 g/mol. The molecule has 0 aromatic heterocycles. The molecule has 0 unspecified atom stereocenters. The molecular weight excluding hydrogens is 271 g/mol. The van der Waals surface area contributed by atoms with Crippen LogP contribution in [0.2, 0.25) is 0 Å². The standard InChI is InChI=1S/C12H19FN2O3S/c1-8(2)18-5-4-15-19(16,17)12-7-11(14)9(3)6-10(12)13/h6-8,15H,4-5,14H2,1-3H3. The minimum Gasteiger partial charge on any atom is -0.398 e. The van der Waals surface area contributed by atoms with Gasteiger partial charge in [0.15, 0.2) is 0 Å². The van der Waals surface area contributed by atoms with E-state index >= 15 is 0 Å². The number of rotatable bonds is 6. The summed E-state index contributed by atoms with van der Waals surface area (Å²) in [7, 11) is -3.91. The molecule has 3 N–H and O–H groups in total. The molecule has 0 amide bonds. The molecule has 0 spiro atoms. The van der Waals surface area contributed by atoms with E-state index in [2.05, 4.69) is 4.72 Å². The first-order chi connectivity index (χ1) is 8.74. The van der Waals surface area contributed by atoms with Crippen LogP contribution in [-0.4, -0.2) is 27.7 Å². The van der Waals surface area contributed by atoms with Crippen molar-refractivity contribution in [2.75, 3.05) is 18.9 Å². The van der Waals surface area contributed by atoms with Crippen molar-refractivity contribution in [2.45, 2.75) is 31.8 Å². The van der Waals surface area contributed by atoms with Gasteiger partial charge in [-0.25, -0.2) is 17.5 Å². The molecule has 1 rings (SSSR count). The minimum atomic E-state index is -3.91. The van der Waals surface area contributed by atoms with E-state index in [0.717, 1.165) is 12.1 Å². The van der Waals surface area contributed by atoms with E-state index < -0.39 is 20.7 Å². The fraction of sp³-hybridized carbons (Fsp3) is 0.500. The summed E-state index contributed by atoms with van der Waals surface area (Å²) in [5.74, 6) is -0.816. The van der Waals surface area contributed by atoms with Crippen LogP contribution in [0.4, 0.5) is 10.1 Å². The summed E-state index contributed by atoms with van der Waals surface area (Å²) in [5.41, 5.74) is 6.33. The Balaban J connectivity index is 2.80. The van der Waals surface area contributed by atoms with E-state index in [-0.39, 0.29) is 24.9 Å². The highest BCUT2D eigenvalue weighted by Gasteiger charge is 2.19. The van der Waals surface area contributed by atoms with Crippen molar-refractivity contribution in [3.63, 3.8) is 0 Å². The summed E-state index contributed by atoms with van der Waals surface area (Å²) < 4.78 is 44.9. The predicted molar refractivity (Wildman–Crippen MR) is 71.8 cm³/mol. The van der Waals surface area contributed by atoms with E-state index in [4.69, 9.17) is 10.5 Å². The lowest BCUT2D eigenvalue weighted by Gasteiger charge is -2.11. The van der Waals surface area contributed by atoms with Crippen molar-refractivity contribution < 1.29 is 17.5 Å². The SMILES string of the molecule is Cc1cc(F)c(S(=O)(=O)NCCOC(C)C)cc1N.